The van der Waals surface area contributed by atoms with Crippen LogP contribution in [0.15, 0.2) is 66.9 Å². The third-order valence-electron chi connectivity index (χ3n) is 5.74. The lowest BCUT2D eigenvalue weighted by Crippen LogP contribution is -2.33. The Labute approximate surface area is 190 Å². The van der Waals surface area contributed by atoms with Crippen LogP contribution in [0.5, 0.6) is 17.4 Å². The van der Waals surface area contributed by atoms with Crippen LogP contribution in [0, 0.1) is 0 Å². The van der Waals surface area contributed by atoms with Gasteiger partial charge in [-0.2, -0.15) is 5.10 Å². The van der Waals surface area contributed by atoms with E-state index in [1.54, 1.807) is 55.6 Å². The summed E-state index contributed by atoms with van der Waals surface area (Å²) < 4.78 is 11.9. The highest BCUT2D eigenvalue weighted by Gasteiger charge is 2.30. The minimum Gasteiger partial charge on any atom is -0.497 e. The number of aromatic nitrogens is 3. The average Bonchev–Trinajstić information content (AvgIpc) is 3.10. The first kappa shape index (κ1) is 20.6. The Bertz CT molecular complexity index is 1310. The molecule has 0 fully saturated rings. The quantitative estimate of drug-likeness (QED) is 0.516. The first-order chi connectivity index (χ1) is 16.1. The van der Waals surface area contributed by atoms with Crippen LogP contribution in [-0.2, 0) is 6.42 Å². The van der Waals surface area contributed by atoms with E-state index in [0.717, 1.165) is 0 Å². The number of ether oxygens (including phenoxy) is 2. The second-order valence-corrected chi connectivity index (χ2v) is 7.57. The highest BCUT2D eigenvalue weighted by atomic mass is 16.5. The van der Waals surface area contributed by atoms with Gasteiger partial charge in [0.1, 0.15) is 23.0 Å². The molecule has 1 aliphatic heterocycles. The van der Waals surface area contributed by atoms with Crippen LogP contribution in [0.3, 0.4) is 0 Å². The topological polar surface area (TPSA) is 89.7 Å². The normalized spacial score (nSPS) is 12.5. The molecule has 0 bridgehead atoms. The molecule has 0 saturated carbocycles. The lowest BCUT2D eigenvalue weighted by molar-refractivity contribution is 0.0986. The molecule has 0 spiro atoms. The van der Waals surface area contributed by atoms with E-state index in [-0.39, 0.29) is 11.8 Å². The zero-order valence-corrected chi connectivity index (χ0v) is 18.2. The fourth-order valence-electron chi connectivity index (χ4n) is 4.01. The Morgan fingerprint density at radius 2 is 1.64 bits per heavy atom. The number of carbonyl (C=O) groups is 1. The number of pyridine rings is 1. The molecule has 0 radical (unpaired) electrons. The van der Waals surface area contributed by atoms with E-state index >= 15 is 0 Å². The summed E-state index contributed by atoms with van der Waals surface area (Å²) in [4.78, 5) is 19.5. The number of anilines is 1. The van der Waals surface area contributed by atoms with Crippen LogP contribution >= 0.6 is 0 Å². The summed E-state index contributed by atoms with van der Waals surface area (Å²) in [5.41, 5.74) is 3.20. The highest BCUT2D eigenvalue weighted by Crippen LogP contribution is 2.39. The zero-order chi connectivity index (χ0) is 22.9. The van der Waals surface area contributed by atoms with Gasteiger partial charge in [0.15, 0.2) is 0 Å². The Morgan fingerprint density at radius 1 is 0.970 bits per heavy atom. The Kier molecular flexibility index (Phi) is 5.18. The molecule has 33 heavy (non-hydrogen) atoms. The van der Waals surface area contributed by atoms with Gasteiger partial charge in [0.25, 0.3) is 5.91 Å². The third kappa shape index (κ3) is 3.55. The fraction of sp³-hybridized carbons (Fsp3) is 0.160. The van der Waals surface area contributed by atoms with Crippen molar-refractivity contribution in [1.29, 1.82) is 0 Å². The van der Waals surface area contributed by atoms with Gasteiger partial charge in [-0.25, -0.2) is 9.67 Å². The fourth-order valence-corrected chi connectivity index (χ4v) is 4.01. The van der Waals surface area contributed by atoms with E-state index in [1.807, 2.05) is 30.3 Å². The van der Waals surface area contributed by atoms with Gasteiger partial charge in [0.2, 0.25) is 5.88 Å². The maximum Gasteiger partial charge on any atom is 0.259 e. The van der Waals surface area contributed by atoms with E-state index in [4.69, 9.17) is 14.6 Å². The molecular weight excluding hydrogens is 420 g/mol. The largest absolute Gasteiger partial charge is 0.497 e. The van der Waals surface area contributed by atoms with Crippen LogP contribution in [0.1, 0.15) is 15.9 Å². The predicted octanol–water partition coefficient (Wildman–Crippen LogP) is 3.86. The molecule has 1 aliphatic rings. The van der Waals surface area contributed by atoms with Crippen molar-refractivity contribution in [2.24, 2.45) is 0 Å². The Morgan fingerprint density at radius 3 is 2.30 bits per heavy atom. The first-order valence-corrected chi connectivity index (χ1v) is 10.5. The van der Waals surface area contributed by atoms with Crippen LogP contribution in [0.2, 0.25) is 0 Å². The molecule has 0 atom stereocenters. The summed E-state index contributed by atoms with van der Waals surface area (Å²) in [6.07, 6.45) is 2.08. The molecule has 8 nitrogen and oxygen atoms in total. The van der Waals surface area contributed by atoms with Crippen LogP contribution in [-0.4, -0.2) is 46.5 Å². The van der Waals surface area contributed by atoms with E-state index in [9.17, 15) is 9.90 Å². The molecule has 0 unspecified atom stereocenters. The van der Waals surface area contributed by atoms with Gasteiger partial charge in [0.05, 0.1) is 19.9 Å². The summed E-state index contributed by atoms with van der Waals surface area (Å²) in [6.45, 7) is 0.351. The van der Waals surface area contributed by atoms with E-state index in [0.29, 0.717) is 58.4 Å². The standard InChI is InChI=1S/C25H22N4O4/c1-32-18-9-5-16(6-10-18)24(30)28-15-13-21-22(20-4-3-14-26-23(20)28)27-29(25(21)31)17-7-11-19(33-2)12-8-17/h3-12,14,31H,13,15H2,1-2H3. The smallest absolute Gasteiger partial charge is 0.259 e. The number of hydrogen-bond acceptors (Lipinski definition) is 6. The van der Waals surface area contributed by atoms with Gasteiger partial charge >= 0.3 is 0 Å². The maximum atomic E-state index is 13.4. The summed E-state index contributed by atoms with van der Waals surface area (Å²) >= 11 is 0. The predicted molar refractivity (Wildman–Crippen MR) is 123 cm³/mol. The van der Waals surface area contributed by atoms with Gasteiger partial charge in [-0.05, 0) is 67.1 Å². The van der Waals surface area contributed by atoms with E-state index in [1.165, 1.54) is 4.68 Å². The number of amides is 1. The van der Waals surface area contributed by atoms with Crippen molar-refractivity contribution in [3.05, 3.63) is 78.0 Å². The lowest BCUT2D eigenvalue weighted by Gasteiger charge is -2.22. The van der Waals surface area contributed by atoms with Crippen molar-refractivity contribution in [3.63, 3.8) is 0 Å². The number of aromatic hydroxyl groups is 1. The van der Waals surface area contributed by atoms with Crippen molar-refractivity contribution in [2.45, 2.75) is 6.42 Å². The van der Waals surface area contributed by atoms with Crippen LogP contribution in [0.4, 0.5) is 5.82 Å². The number of nitrogens with zero attached hydrogens (tertiary/aromatic N) is 4. The number of fused-ring (bicyclic) bond motifs is 3. The molecule has 2 aromatic heterocycles. The molecule has 0 saturated heterocycles. The zero-order valence-electron chi connectivity index (χ0n) is 18.2. The Hall–Kier alpha value is -4.33. The number of hydrogen-bond donors (Lipinski definition) is 1. The van der Waals surface area contributed by atoms with Gasteiger partial charge in [-0.1, -0.05) is 0 Å². The minimum atomic E-state index is -0.176. The SMILES string of the molecule is COc1ccc(C(=O)N2CCc3c(nn(-c4ccc(OC)cc4)c3O)-c3cccnc32)cc1. The van der Waals surface area contributed by atoms with Crippen molar-refractivity contribution >= 4 is 11.7 Å². The molecule has 166 valence electrons. The van der Waals surface area contributed by atoms with E-state index in [2.05, 4.69) is 4.98 Å². The molecule has 3 heterocycles. The maximum absolute atomic E-state index is 13.4. The van der Waals surface area contributed by atoms with Crippen LogP contribution in [0.25, 0.3) is 16.9 Å². The molecule has 4 aromatic rings. The number of carbonyl (C=O) groups excluding carboxylic acids is 1. The third-order valence-corrected chi connectivity index (χ3v) is 5.74. The molecule has 2 aromatic carbocycles. The lowest BCUT2D eigenvalue weighted by atomic mass is 10.1. The van der Waals surface area contributed by atoms with Crippen molar-refractivity contribution in [1.82, 2.24) is 14.8 Å². The second-order valence-electron chi connectivity index (χ2n) is 7.57. The van der Waals surface area contributed by atoms with Crippen LogP contribution < -0.4 is 14.4 Å². The number of methoxy groups -OCH3 is 2. The highest BCUT2D eigenvalue weighted by molar-refractivity contribution is 6.07. The molecule has 1 N–H and O–H groups in total. The number of benzene rings is 2. The number of rotatable bonds is 4. The summed E-state index contributed by atoms with van der Waals surface area (Å²) in [5.74, 6) is 1.78. The molecule has 8 heteroatoms. The Balaban J connectivity index is 1.56. The first-order valence-electron chi connectivity index (χ1n) is 10.5. The molecular formula is C25H22N4O4. The molecule has 0 aliphatic carbocycles. The minimum absolute atomic E-state index is 0.0451. The second kappa shape index (κ2) is 8.31. The molecule has 1 amide bonds. The summed E-state index contributed by atoms with van der Waals surface area (Å²) in [6, 6.07) is 17.9. The molecule has 5 rings (SSSR count). The summed E-state index contributed by atoms with van der Waals surface area (Å²) in [5, 5.41) is 15.7. The van der Waals surface area contributed by atoms with Crippen molar-refractivity contribution in [3.8, 4) is 34.3 Å². The van der Waals surface area contributed by atoms with Gasteiger partial charge in [-0.3, -0.25) is 9.69 Å². The van der Waals surface area contributed by atoms with Crippen molar-refractivity contribution in [2.75, 3.05) is 25.7 Å². The summed E-state index contributed by atoms with van der Waals surface area (Å²) in [7, 11) is 3.19. The monoisotopic (exact) mass is 442 g/mol. The van der Waals surface area contributed by atoms with E-state index < -0.39 is 0 Å². The average molecular weight is 442 g/mol. The van der Waals surface area contributed by atoms with Gasteiger partial charge in [0, 0.05) is 29.4 Å². The van der Waals surface area contributed by atoms with Gasteiger partial charge in [-0.15, -0.1) is 0 Å². The van der Waals surface area contributed by atoms with Crippen molar-refractivity contribution < 1.29 is 19.4 Å². The van der Waals surface area contributed by atoms with Gasteiger partial charge < -0.3 is 14.6 Å².